The molecular weight excluding hydrogens is 397 g/mol. The van der Waals surface area contributed by atoms with Gasteiger partial charge in [-0.05, 0) is 54.8 Å². The fraction of sp³-hybridized carbons (Fsp3) is 0.273. The maximum Gasteiger partial charge on any atom is 0.344 e. The molecule has 0 N–H and O–H groups in total. The van der Waals surface area contributed by atoms with Gasteiger partial charge in [-0.1, -0.05) is 17.7 Å². The summed E-state index contributed by atoms with van der Waals surface area (Å²) in [7, 11) is 1.65. The molecule has 2 aromatic carbocycles. The number of hydrogen-bond donors (Lipinski definition) is 0. The molecule has 1 saturated heterocycles. The van der Waals surface area contributed by atoms with E-state index >= 15 is 0 Å². The average Bonchev–Trinajstić information content (AvgIpc) is 3.03. The molecular formula is C22H19ClFNO4. The number of nitrogens with zero attached hydrogens (tertiary/aromatic N) is 1. The fourth-order valence-electron chi connectivity index (χ4n) is 3.63. The zero-order chi connectivity index (χ0) is 20.5. The number of cyclic esters (lactones) is 1. The van der Waals surface area contributed by atoms with Crippen molar-refractivity contribution in [2.45, 2.75) is 18.9 Å². The second-order valence-corrected chi connectivity index (χ2v) is 7.49. The Labute approximate surface area is 172 Å². The summed E-state index contributed by atoms with van der Waals surface area (Å²) in [6, 6.07) is 9.18. The highest BCUT2D eigenvalue weighted by Crippen LogP contribution is 2.33. The highest BCUT2D eigenvalue weighted by molar-refractivity contribution is 6.31. The molecule has 0 aromatic heterocycles. The quantitative estimate of drug-likeness (QED) is 0.697. The first-order valence-corrected chi connectivity index (χ1v) is 9.69. The van der Waals surface area contributed by atoms with Gasteiger partial charge in [0.05, 0.1) is 17.2 Å². The van der Waals surface area contributed by atoms with Crippen LogP contribution in [0.25, 0.3) is 11.8 Å². The van der Waals surface area contributed by atoms with Gasteiger partial charge in [0.15, 0.2) is 0 Å². The molecule has 150 valence electrons. The number of rotatable bonds is 3. The van der Waals surface area contributed by atoms with E-state index in [0.29, 0.717) is 40.6 Å². The van der Waals surface area contributed by atoms with E-state index in [4.69, 9.17) is 21.1 Å². The minimum absolute atomic E-state index is 0.00382. The molecule has 1 amide bonds. The van der Waals surface area contributed by atoms with E-state index in [1.54, 1.807) is 36.3 Å². The minimum atomic E-state index is -0.582. The van der Waals surface area contributed by atoms with Crippen LogP contribution in [-0.2, 0) is 9.47 Å². The Bertz CT molecular complexity index is 1010. The summed E-state index contributed by atoms with van der Waals surface area (Å²) in [6.45, 7) is 1.04. The molecule has 2 aliphatic heterocycles. The van der Waals surface area contributed by atoms with Crippen LogP contribution in [0.15, 0.2) is 36.4 Å². The predicted molar refractivity (Wildman–Crippen MR) is 107 cm³/mol. The summed E-state index contributed by atoms with van der Waals surface area (Å²) in [5, 5.41) is 0.439. The van der Waals surface area contributed by atoms with Gasteiger partial charge < -0.3 is 14.4 Å². The van der Waals surface area contributed by atoms with Crippen molar-refractivity contribution >= 4 is 35.3 Å². The number of benzene rings is 2. The molecule has 5 nitrogen and oxygen atoms in total. The average molecular weight is 416 g/mol. The number of ether oxygens (including phenoxy) is 2. The van der Waals surface area contributed by atoms with Gasteiger partial charge in [-0.2, -0.15) is 0 Å². The Morgan fingerprint density at radius 1 is 1.21 bits per heavy atom. The zero-order valence-electron chi connectivity index (χ0n) is 15.8. The molecule has 1 fully saturated rings. The van der Waals surface area contributed by atoms with Gasteiger partial charge in [-0.3, -0.25) is 4.79 Å². The number of amides is 1. The molecule has 29 heavy (non-hydrogen) atoms. The van der Waals surface area contributed by atoms with Crippen LogP contribution in [0.1, 0.15) is 44.7 Å². The minimum Gasteiger partial charge on any atom is -0.422 e. The van der Waals surface area contributed by atoms with Crippen molar-refractivity contribution in [2.24, 2.45) is 0 Å². The van der Waals surface area contributed by atoms with Gasteiger partial charge in [0.2, 0.25) is 0 Å². The Morgan fingerprint density at radius 3 is 2.69 bits per heavy atom. The van der Waals surface area contributed by atoms with Crippen LogP contribution in [-0.4, -0.2) is 43.1 Å². The third-order valence-electron chi connectivity index (χ3n) is 5.25. The SMILES string of the molecule is COC1CCN(C(=O)c2cc(/C=C3\OC(=O)c4cc(Cl)ccc43)ccc2F)CC1. The van der Waals surface area contributed by atoms with Crippen molar-refractivity contribution < 1.29 is 23.5 Å². The molecule has 2 heterocycles. The van der Waals surface area contributed by atoms with Gasteiger partial charge in [0, 0.05) is 30.8 Å². The normalized spacial score (nSPS) is 18.1. The van der Waals surface area contributed by atoms with Crippen LogP contribution in [0.3, 0.4) is 0 Å². The van der Waals surface area contributed by atoms with E-state index in [0.717, 1.165) is 12.8 Å². The molecule has 0 atom stereocenters. The van der Waals surface area contributed by atoms with Crippen molar-refractivity contribution in [3.05, 3.63) is 69.5 Å². The summed E-state index contributed by atoms with van der Waals surface area (Å²) in [5.41, 5.74) is 1.55. The van der Waals surface area contributed by atoms with Crippen LogP contribution in [0.5, 0.6) is 0 Å². The number of hydrogen-bond acceptors (Lipinski definition) is 4. The number of piperidine rings is 1. The standard InChI is InChI=1S/C22H19ClFNO4/c1-28-15-6-8-25(9-7-15)21(26)18-10-13(2-5-19(18)24)11-20-16-4-3-14(23)12-17(16)22(27)29-20/h2-5,10-12,15H,6-9H2,1H3/b20-11-. The molecule has 0 spiro atoms. The third-order valence-corrected chi connectivity index (χ3v) is 5.49. The van der Waals surface area contributed by atoms with Crippen molar-refractivity contribution in [2.75, 3.05) is 20.2 Å². The maximum absolute atomic E-state index is 14.4. The van der Waals surface area contributed by atoms with E-state index in [1.807, 2.05) is 0 Å². The number of carbonyl (C=O) groups excluding carboxylic acids is 2. The van der Waals surface area contributed by atoms with Gasteiger partial charge in [-0.15, -0.1) is 0 Å². The van der Waals surface area contributed by atoms with E-state index < -0.39 is 11.8 Å². The van der Waals surface area contributed by atoms with Crippen LogP contribution in [0, 0.1) is 5.82 Å². The number of carbonyl (C=O) groups is 2. The maximum atomic E-state index is 14.4. The first kappa shape index (κ1) is 19.6. The third kappa shape index (κ3) is 3.91. The Kier molecular flexibility index (Phi) is 5.39. The van der Waals surface area contributed by atoms with Crippen molar-refractivity contribution in [1.82, 2.24) is 4.90 Å². The molecule has 2 aliphatic rings. The van der Waals surface area contributed by atoms with Gasteiger partial charge in [0.1, 0.15) is 11.6 Å². The smallest absolute Gasteiger partial charge is 0.344 e. The molecule has 0 bridgehead atoms. The predicted octanol–water partition coefficient (Wildman–Crippen LogP) is 4.40. The van der Waals surface area contributed by atoms with E-state index in [9.17, 15) is 14.0 Å². The molecule has 7 heteroatoms. The van der Waals surface area contributed by atoms with Crippen LogP contribution < -0.4 is 0 Å². The van der Waals surface area contributed by atoms with Gasteiger partial charge >= 0.3 is 5.97 Å². The molecule has 0 saturated carbocycles. The Hall–Kier alpha value is -2.70. The van der Waals surface area contributed by atoms with Gasteiger partial charge in [0.25, 0.3) is 5.91 Å². The largest absolute Gasteiger partial charge is 0.422 e. The lowest BCUT2D eigenvalue weighted by Crippen LogP contribution is -2.40. The molecule has 2 aromatic rings. The van der Waals surface area contributed by atoms with Crippen LogP contribution >= 0.6 is 11.6 Å². The summed E-state index contributed by atoms with van der Waals surface area (Å²) >= 11 is 5.94. The molecule has 0 unspecified atom stereocenters. The summed E-state index contributed by atoms with van der Waals surface area (Å²) in [4.78, 5) is 26.5. The summed E-state index contributed by atoms with van der Waals surface area (Å²) in [6.07, 6.45) is 3.20. The second-order valence-electron chi connectivity index (χ2n) is 7.05. The monoisotopic (exact) mass is 415 g/mol. The van der Waals surface area contributed by atoms with E-state index in [-0.39, 0.29) is 17.6 Å². The second kappa shape index (κ2) is 7.97. The first-order chi connectivity index (χ1) is 14.0. The number of methoxy groups -OCH3 is 1. The lowest BCUT2D eigenvalue weighted by Gasteiger charge is -2.31. The van der Waals surface area contributed by atoms with Crippen LogP contribution in [0.2, 0.25) is 5.02 Å². The van der Waals surface area contributed by atoms with Crippen LogP contribution in [0.4, 0.5) is 4.39 Å². The Morgan fingerprint density at radius 2 is 1.97 bits per heavy atom. The fourth-order valence-corrected chi connectivity index (χ4v) is 3.80. The zero-order valence-corrected chi connectivity index (χ0v) is 16.5. The Balaban J connectivity index is 1.61. The summed E-state index contributed by atoms with van der Waals surface area (Å²) < 4.78 is 25.0. The van der Waals surface area contributed by atoms with Crippen molar-refractivity contribution in [3.63, 3.8) is 0 Å². The highest BCUT2D eigenvalue weighted by Gasteiger charge is 2.28. The van der Waals surface area contributed by atoms with Crippen molar-refractivity contribution in [1.29, 1.82) is 0 Å². The topological polar surface area (TPSA) is 55.8 Å². The van der Waals surface area contributed by atoms with Crippen molar-refractivity contribution in [3.8, 4) is 0 Å². The number of likely N-dealkylation sites (tertiary alicyclic amines) is 1. The lowest BCUT2D eigenvalue weighted by molar-refractivity contribution is 0.0348. The van der Waals surface area contributed by atoms with Gasteiger partial charge in [-0.25, -0.2) is 9.18 Å². The lowest BCUT2D eigenvalue weighted by atomic mass is 10.0. The number of halogens is 2. The first-order valence-electron chi connectivity index (χ1n) is 9.31. The number of esters is 1. The molecule has 0 aliphatic carbocycles. The van der Waals surface area contributed by atoms with E-state index in [2.05, 4.69) is 0 Å². The highest BCUT2D eigenvalue weighted by atomic mass is 35.5. The summed E-state index contributed by atoms with van der Waals surface area (Å²) in [5.74, 6) is -1.09. The number of fused-ring (bicyclic) bond motifs is 1. The molecule has 0 radical (unpaired) electrons. The molecule has 4 rings (SSSR count). The van der Waals surface area contributed by atoms with E-state index in [1.165, 1.54) is 18.2 Å².